The second kappa shape index (κ2) is 11.4. The first kappa shape index (κ1) is 23.5. The molecule has 1 saturated heterocycles. The number of rotatable bonds is 9. The summed E-state index contributed by atoms with van der Waals surface area (Å²) in [6.07, 6.45) is 3.22. The summed E-state index contributed by atoms with van der Waals surface area (Å²) in [5.74, 6) is 1.35. The Bertz CT molecular complexity index is 700. The first-order valence-corrected chi connectivity index (χ1v) is 10.5. The largest absolute Gasteiger partial charge is 0.493 e. The number of hydrogen-bond acceptors (Lipinski definition) is 5. The van der Waals surface area contributed by atoms with Gasteiger partial charge in [0.15, 0.2) is 11.5 Å². The molecule has 0 bridgehead atoms. The van der Waals surface area contributed by atoms with Gasteiger partial charge >= 0.3 is 0 Å². The van der Waals surface area contributed by atoms with Crippen LogP contribution >= 0.6 is 11.6 Å². The molecule has 1 unspecified atom stereocenters. The van der Waals surface area contributed by atoms with Crippen LogP contribution in [0.3, 0.4) is 0 Å². The number of hydrogen-bond donors (Lipinski definition) is 1. The highest BCUT2D eigenvalue weighted by Gasteiger charge is 2.23. The second-order valence-corrected chi connectivity index (χ2v) is 8.15. The summed E-state index contributed by atoms with van der Waals surface area (Å²) in [6, 6.07) is 3.85. The minimum atomic E-state index is -0.137. The molecule has 1 fully saturated rings. The quantitative estimate of drug-likeness (QED) is 0.613. The van der Waals surface area contributed by atoms with Crippen molar-refractivity contribution in [2.45, 2.75) is 39.8 Å². The number of carbonyl (C=O) groups is 1. The number of morpholine rings is 1. The van der Waals surface area contributed by atoms with Gasteiger partial charge in [0.05, 0.1) is 31.5 Å². The van der Waals surface area contributed by atoms with Crippen molar-refractivity contribution in [3.05, 3.63) is 28.8 Å². The molecular formula is C22H33ClN2O4. The molecule has 1 heterocycles. The molecule has 1 atom stereocenters. The van der Waals surface area contributed by atoms with Crippen molar-refractivity contribution in [1.82, 2.24) is 10.2 Å². The van der Waals surface area contributed by atoms with Crippen molar-refractivity contribution in [3.8, 4) is 11.5 Å². The average molecular weight is 425 g/mol. The zero-order valence-electron chi connectivity index (χ0n) is 18.0. The van der Waals surface area contributed by atoms with Gasteiger partial charge in [-0.15, -0.1) is 0 Å². The van der Waals surface area contributed by atoms with Crippen molar-refractivity contribution in [2.75, 3.05) is 40.0 Å². The van der Waals surface area contributed by atoms with E-state index in [1.807, 2.05) is 13.8 Å². The third kappa shape index (κ3) is 7.21. The van der Waals surface area contributed by atoms with E-state index in [1.165, 1.54) is 6.08 Å². The Morgan fingerprint density at radius 3 is 2.55 bits per heavy atom. The molecule has 0 radical (unpaired) electrons. The molecule has 1 amide bonds. The lowest BCUT2D eigenvalue weighted by Gasteiger charge is -2.36. The summed E-state index contributed by atoms with van der Waals surface area (Å²) in [7, 11) is 1.57. The molecule has 7 heteroatoms. The monoisotopic (exact) mass is 424 g/mol. The Hall–Kier alpha value is -1.76. The summed E-state index contributed by atoms with van der Waals surface area (Å²) in [6.45, 7) is 12.1. The fraction of sp³-hybridized carbons (Fsp3) is 0.591. The van der Waals surface area contributed by atoms with E-state index in [0.29, 0.717) is 35.0 Å². The van der Waals surface area contributed by atoms with Gasteiger partial charge in [-0.2, -0.15) is 0 Å². The number of methoxy groups -OCH3 is 1. The number of carbonyl (C=O) groups excluding carboxylic acids is 1. The Labute approximate surface area is 179 Å². The Kier molecular flexibility index (Phi) is 9.27. The summed E-state index contributed by atoms with van der Waals surface area (Å²) in [4.78, 5) is 14.7. The normalized spacial score (nSPS) is 16.4. The molecule has 29 heavy (non-hydrogen) atoms. The third-order valence-corrected chi connectivity index (χ3v) is 5.08. The van der Waals surface area contributed by atoms with Crippen LogP contribution in [-0.2, 0) is 9.53 Å². The van der Waals surface area contributed by atoms with Crippen LogP contribution in [0.1, 0.15) is 33.3 Å². The topological polar surface area (TPSA) is 60.0 Å². The lowest BCUT2D eigenvalue weighted by molar-refractivity contribution is -0.116. The highest BCUT2D eigenvalue weighted by Crippen LogP contribution is 2.37. The first-order valence-electron chi connectivity index (χ1n) is 10.1. The number of amides is 1. The van der Waals surface area contributed by atoms with Gasteiger partial charge < -0.3 is 19.5 Å². The van der Waals surface area contributed by atoms with Crippen LogP contribution in [0.4, 0.5) is 0 Å². The standard InChI is InChI=1S/C22H33ClN2O4/c1-15(2)19(25-8-10-28-11-9-25)14-24-21(26)7-6-17-12-18(23)22(29-16(3)4)20(13-17)27-5/h6-7,12-13,15-16,19H,8-11,14H2,1-5H3,(H,24,26)/b7-6+. The summed E-state index contributed by atoms with van der Waals surface area (Å²) in [5, 5.41) is 3.46. The van der Waals surface area contributed by atoms with Crippen molar-refractivity contribution in [3.63, 3.8) is 0 Å². The molecule has 2 rings (SSSR count). The van der Waals surface area contributed by atoms with E-state index in [2.05, 4.69) is 24.1 Å². The zero-order chi connectivity index (χ0) is 21.4. The smallest absolute Gasteiger partial charge is 0.244 e. The fourth-order valence-electron chi connectivity index (χ4n) is 3.32. The molecule has 0 aliphatic carbocycles. The predicted molar refractivity (Wildman–Crippen MR) is 117 cm³/mol. The maximum absolute atomic E-state index is 12.3. The van der Waals surface area contributed by atoms with Crippen LogP contribution in [0.5, 0.6) is 11.5 Å². The van der Waals surface area contributed by atoms with E-state index < -0.39 is 0 Å². The minimum Gasteiger partial charge on any atom is -0.493 e. The van der Waals surface area contributed by atoms with Gasteiger partial charge in [0.2, 0.25) is 5.91 Å². The third-order valence-electron chi connectivity index (χ3n) is 4.80. The SMILES string of the molecule is COc1cc(/C=C/C(=O)NCC(C(C)C)N2CCOCC2)cc(Cl)c1OC(C)C. The first-order chi connectivity index (χ1) is 13.8. The summed E-state index contributed by atoms with van der Waals surface area (Å²) < 4.78 is 16.5. The van der Waals surface area contributed by atoms with Gasteiger partial charge in [-0.1, -0.05) is 25.4 Å². The van der Waals surface area contributed by atoms with E-state index >= 15 is 0 Å². The number of nitrogens with one attached hydrogen (secondary N) is 1. The number of ether oxygens (including phenoxy) is 3. The van der Waals surface area contributed by atoms with E-state index in [0.717, 1.165) is 31.9 Å². The van der Waals surface area contributed by atoms with E-state index in [9.17, 15) is 4.79 Å². The number of nitrogens with zero attached hydrogens (tertiary/aromatic N) is 1. The average Bonchev–Trinajstić information content (AvgIpc) is 2.68. The van der Waals surface area contributed by atoms with Gasteiger partial charge in [0.1, 0.15) is 0 Å². The highest BCUT2D eigenvalue weighted by atomic mass is 35.5. The van der Waals surface area contributed by atoms with Crippen LogP contribution in [-0.4, -0.2) is 62.9 Å². The van der Waals surface area contributed by atoms with Crippen LogP contribution in [0.25, 0.3) is 6.08 Å². The highest BCUT2D eigenvalue weighted by molar-refractivity contribution is 6.32. The van der Waals surface area contributed by atoms with Crippen LogP contribution in [0, 0.1) is 5.92 Å². The molecule has 1 aliphatic rings. The summed E-state index contributed by atoms with van der Waals surface area (Å²) in [5.41, 5.74) is 0.770. The molecule has 0 aromatic heterocycles. The van der Waals surface area contributed by atoms with Gasteiger partial charge in [0.25, 0.3) is 0 Å². The molecule has 6 nitrogen and oxygen atoms in total. The van der Waals surface area contributed by atoms with E-state index in [4.69, 9.17) is 25.8 Å². The molecule has 162 valence electrons. The van der Waals surface area contributed by atoms with Crippen molar-refractivity contribution < 1.29 is 19.0 Å². The van der Waals surface area contributed by atoms with Crippen LogP contribution < -0.4 is 14.8 Å². The van der Waals surface area contributed by atoms with Crippen molar-refractivity contribution in [2.24, 2.45) is 5.92 Å². The van der Waals surface area contributed by atoms with E-state index in [1.54, 1.807) is 25.3 Å². The van der Waals surface area contributed by atoms with Crippen LogP contribution in [0.15, 0.2) is 18.2 Å². The van der Waals surface area contributed by atoms with Crippen molar-refractivity contribution in [1.29, 1.82) is 0 Å². The molecular weight excluding hydrogens is 392 g/mol. The maximum atomic E-state index is 12.3. The number of halogens is 1. The lowest BCUT2D eigenvalue weighted by Crippen LogP contribution is -2.51. The Morgan fingerprint density at radius 1 is 1.28 bits per heavy atom. The maximum Gasteiger partial charge on any atom is 0.244 e. The molecule has 1 aromatic carbocycles. The molecule has 0 saturated carbocycles. The van der Waals surface area contributed by atoms with Gasteiger partial charge in [-0.25, -0.2) is 0 Å². The summed E-state index contributed by atoms with van der Waals surface area (Å²) >= 11 is 6.34. The zero-order valence-corrected chi connectivity index (χ0v) is 18.8. The van der Waals surface area contributed by atoms with Gasteiger partial charge in [0, 0.05) is 31.8 Å². The second-order valence-electron chi connectivity index (χ2n) is 7.74. The molecule has 1 N–H and O–H groups in total. The minimum absolute atomic E-state index is 0.0195. The molecule has 1 aromatic rings. The van der Waals surface area contributed by atoms with Gasteiger partial charge in [-0.3, -0.25) is 9.69 Å². The van der Waals surface area contributed by atoms with Gasteiger partial charge in [-0.05, 0) is 43.5 Å². The Balaban J connectivity index is 1.99. The fourth-order valence-corrected chi connectivity index (χ4v) is 3.58. The van der Waals surface area contributed by atoms with Crippen molar-refractivity contribution >= 4 is 23.6 Å². The van der Waals surface area contributed by atoms with Crippen LogP contribution in [0.2, 0.25) is 5.02 Å². The predicted octanol–water partition coefficient (Wildman–Crippen LogP) is 3.62. The molecule has 0 spiro atoms. The lowest BCUT2D eigenvalue weighted by atomic mass is 10.0. The molecule has 1 aliphatic heterocycles. The van der Waals surface area contributed by atoms with E-state index in [-0.39, 0.29) is 12.0 Å². The number of benzene rings is 1. The Morgan fingerprint density at radius 2 is 1.97 bits per heavy atom.